The average Bonchev–Trinajstić information content (AvgIpc) is 3.16. The molecule has 1 saturated carbocycles. The van der Waals surface area contributed by atoms with E-state index in [1.807, 2.05) is 12.3 Å². The lowest BCUT2D eigenvalue weighted by Gasteiger charge is -2.09. The largest absolute Gasteiger partial charge is 0.379 e. The van der Waals surface area contributed by atoms with E-state index in [4.69, 9.17) is 0 Å². The Labute approximate surface area is 122 Å². The zero-order valence-electron chi connectivity index (χ0n) is 11.7. The van der Waals surface area contributed by atoms with Crippen LogP contribution < -0.4 is 5.32 Å². The zero-order valence-corrected chi connectivity index (χ0v) is 11.7. The van der Waals surface area contributed by atoms with Crippen molar-refractivity contribution in [3.63, 3.8) is 0 Å². The summed E-state index contributed by atoms with van der Waals surface area (Å²) in [7, 11) is 0. The highest BCUT2D eigenvalue weighted by Crippen LogP contribution is 2.28. The van der Waals surface area contributed by atoms with Crippen LogP contribution in [0.2, 0.25) is 0 Å². The van der Waals surface area contributed by atoms with Gasteiger partial charge in [-0.05, 0) is 31.0 Å². The summed E-state index contributed by atoms with van der Waals surface area (Å²) in [4.78, 5) is 10.2. The van der Waals surface area contributed by atoms with Crippen molar-refractivity contribution in [3.05, 3.63) is 52.3 Å². The SMILES string of the molecule is O=[N+]([O-])c1ccc(NCc2ccn(C3CCCC3)n2)cc1. The van der Waals surface area contributed by atoms with Gasteiger partial charge in [-0.25, -0.2) is 0 Å². The van der Waals surface area contributed by atoms with E-state index >= 15 is 0 Å². The molecular weight excluding hydrogens is 268 g/mol. The molecule has 0 spiro atoms. The highest BCUT2D eigenvalue weighted by atomic mass is 16.6. The minimum Gasteiger partial charge on any atom is -0.379 e. The number of nitrogens with zero attached hydrogens (tertiary/aromatic N) is 3. The number of nitro benzene ring substituents is 1. The number of aromatic nitrogens is 2. The number of hydrogen-bond acceptors (Lipinski definition) is 4. The standard InChI is InChI=1S/C15H18N4O2/c20-19(21)15-7-5-12(6-8-15)16-11-13-9-10-18(17-13)14-3-1-2-4-14/h5-10,14,16H,1-4,11H2. The Kier molecular flexibility index (Phi) is 3.85. The maximum atomic E-state index is 10.6. The lowest BCUT2D eigenvalue weighted by Crippen LogP contribution is -2.07. The second-order valence-electron chi connectivity index (χ2n) is 5.38. The fourth-order valence-corrected chi connectivity index (χ4v) is 2.74. The van der Waals surface area contributed by atoms with Crippen LogP contribution in [0.25, 0.3) is 0 Å². The Morgan fingerprint density at radius 3 is 2.62 bits per heavy atom. The van der Waals surface area contributed by atoms with Crippen molar-refractivity contribution in [1.82, 2.24) is 9.78 Å². The Morgan fingerprint density at radius 2 is 1.95 bits per heavy atom. The molecule has 0 radical (unpaired) electrons. The molecule has 0 bridgehead atoms. The van der Waals surface area contributed by atoms with Gasteiger partial charge in [0.15, 0.2) is 0 Å². The number of nitro groups is 1. The lowest BCUT2D eigenvalue weighted by atomic mass is 10.3. The molecule has 1 aliphatic rings. The van der Waals surface area contributed by atoms with E-state index in [0.717, 1.165) is 11.4 Å². The molecule has 3 rings (SSSR count). The molecule has 110 valence electrons. The van der Waals surface area contributed by atoms with Gasteiger partial charge in [0.1, 0.15) is 0 Å². The highest BCUT2D eigenvalue weighted by molar-refractivity contribution is 5.48. The van der Waals surface area contributed by atoms with Crippen molar-refractivity contribution in [2.45, 2.75) is 38.3 Å². The third kappa shape index (κ3) is 3.21. The Hall–Kier alpha value is -2.37. The third-order valence-electron chi connectivity index (χ3n) is 3.91. The van der Waals surface area contributed by atoms with Crippen LogP contribution in [-0.2, 0) is 6.54 Å². The summed E-state index contributed by atoms with van der Waals surface area (Å²) in [6, 6.07) is 9.01. The van der Waals surface area contributed by atoms with Gasteiger partial charge in [-0.1, -0.05) is 12.8 Å². The van der Waals surface area contributed by atoms with Gasteiger partial charge in [-0.3, -0.25) is 14.8 Å². The molecule has 0 amide bonds. The van der Waals surface area contributed by atoms with Gasteiger partial charge in [-0.15, -0.1) is 0 Å². The van der Waals surface area contributed by atoms with Gasteiger partial charge in [0.2, 0.25) is 0 Å². The Morgan fingerprint density at radius 1 is 1.24 bits per heavy atom. The first-order valence-corrected chi connectivity index (χ1v) is 7.25. The molecule has 6 heteroatoms. The second-order valence-corrected chi connectivity index (χ2v) is 5.38. The fraction of sp³-hybridized carbons (Fsp3) is 0.400. The van der Waals surface area contributed by atoms with Crippen LogP contribution in [0.3, 0.4) is 0 Å². The first-order chi connectivity index (χ1) is 10.2. The molecule has 0 unspecified atom stereocenters. The van der Waals surface area contributed by atoms with E-state index in [1.165, 1.54) is 37.8 Å². The summed E-state index contributed by atoms with van der Waals surface area (Å²) in [5.74, 6) is 0. The van der Waals surface area contributed by atoms with Crippen molar-refractivity contribution in [3.8, 4) is 0 Å². The molecule has 1 fully saturated rings. The quantitative estimate of drug-likeness (QED) is 0.674. The zero-order chi connectivity index (χ0) is 14.7. The van der Waals surface area contributed by atoms with Crippen LogP contribution in [0.5, 0.6) is 0 Å². The van der Waals surface area contributed by atoms with Gasteiger partial charge in [0.05, 0.1) is 23.2 Å². The smallest absolute Gasteiger partial charge is 0.269 e. The van der Waals surface area contributed by atoms with E-state index in [-0.39, 0.29) is 5.69 Å². The highest BCUT2D eigenvalue weighted by Gasteiger charge is 2.17. The van der Waals surface area contributed by atoms with Crippen LogP contribution in [-0.4, -0.2) is 14.7 Å². The summed E-state index contributed by atoms with van der Waals surface area (Å²) in [6.45, 7) is 0.623. The summed E-state index contributed by atoms with van der Waals surface area (Å²) in [5.41, 5.74) is 1.95. The number of rotatable bonds is 5. The van der Waals surface area contributed by atoms with Gasteiger partial charge in [0.25, 0.3) is 5.69 Å². The molecule has 1 heterocycles. The van der Waals surface area contributed by atoms with Crippen molar-refractivity contribution < 1.29 is 4.92 Å². The van der Waals surface area contributed by atoms with E-state index in [1.54, 1.807) is 12.1 Å². The average molecular weight is 286 g/mol. The molecule has 2 aromatic rings. The van der Waals surface area contributed by atoms with Crippen molar-refractivity contribution in [1.29, 1.82) is 0 Å². The van der Waals surface area contributed by atoms with Crippen molar-refractivity contribution >= 4 is 11.4 Å². The predicted octanol–water partition coefficient (Wildman–Crippen LogP) is 3.52. The summed E-state index contributed by atoms with van der Waals surface area (Å²) >= 11 is 0. The van der Waals surface area contributed by atoms with Crippen molar-refractivity contribution in [2.24, 2.45) is 0 Å². The maximum Gasteiger partial charge on any atom is 0.269 e. The van der Waals surface area contributed by atoms with Crippen LogP contribution >= 0.6 is 0 Å². The van der Waals surface area contributed by atoms with E-state index in [0.29, 0.717) is 12.6 Å². The minimum absolute atomic E-state index is 0.103. The minimum atomic E-state index is -0.396. The molecule has 1 aromatic heterocycles. The summed E-state index contributed by atoms with van der Waals surface area (Å²) in [6.07, 6.45) is 7.07. The van der Waals surface area contributed by atoms with Crippen LogP contribution in [0, 0.1) is 10.1 Å². The van der Waals surface area contributed by atoms with Crippen molar-refractivity contribution in [2.75, 3.05) is 5.32 Å². The van der Waals surface area contributed by atoms with Crippen LogP contribution in [0.1, 0.15) is 37.4 Å². The first kappa shape index (κ1) is 13.6. The molecule has 0 aliphatic heterocycles. The monoisotopic (exact) mass is 286 g/mol. The molecular formula is C15H18N4O2. The number of nitrogens with one attached hydrogen (secondary N) is 1. The number of benzene rings is 1. The van der Waals surface area contributed by atoms with E-state index in [2.05, 4.69) is 15.1 Å². The maximum absolute atomic E-state index is 10.6. The summed E-state index contributed by atoms with van der Waals surface area (Å²) < 4.78 is 2.07. The van der Waals surface area contributed by atoms with Gasteiger partial charge < -0.3 is 5.32 Å². The van der Waals surface area contributed by atoms with Gasteiger partial charge in [-0.2, -0.15) is 5.10 Å². The predicted molar refractivity (Wildman–Crippen MR) is 80.2 cm³/mol. The third-order valence-corrected chi connectivity index (χ3v) is 3.91. The normalized spacial score (nSPS) is 15.2. The molecule has 1 N–H and O–H groups in total. The topological polar surface area (TPSA) is 73.0 Å². The van der Waals surface area contributed by atoms with Gasteiger partial charge in [0, 0.05) is 24.0 Å². The van der Waals surface area contributed by atoms with E-state index < -0.39 is 4.92 Å². The second kappa shape index (κ2) is 5.95. The fourth-order valence-electron chi connectivity index (χ4n) is 2.74. The number of non-ortho nitro benzene ring substituents is 1. The molecule has 21 heavy (non-hydrogen) atoms. The molecule has 6 nitrogen and oxygen atoms in total. The summed E-state index contributed by atoms with van der Waals surface area (Å²) in [5, 5.41) is 18.4. The Balaban J connectivity index is 1.58. The molecule has 0 atom stereocenters. The van der Waals surface area contributed by atoms with Crippen LogP contribution in [0.4, 0.5) is 11.4 Å². The lowest BCUT2D eigenvalue weighted by molar-refractivity contribution is -0.384. The Bertz CT molecular complexity index is 615. The number of anilines is 1. The first-order valence-electron chi connectivity index (χ1n) is 7.25. The van der Waals surface area contributed by atoms with Gasteiger partial charge >= 0.3 is 0 Å². The molecule has 0 saturated heterocycles. The molecule has 1 aromatic carbocycles. The number of hydrogen-bond donors (Lipinski definition) is 1. The molecule has 1 aliphatic carbocycles. The van der Waals surface area contributed by atoms with E-state index in [9.17, 15) is 10.1 Å². The van der Waals surface area contributed by atoms with Crippen LogP contribution in [0.15, 0.2) is 36.5 Å².